The Hall–Kier alpha value is -1.47. The van der Waals surface area contributed by atoms with Crippen molar-refractivity contribution >= 4 is 38.3 Å². The largest absolute Gasteiger partial charge is 0.483 e. The van der Waals surface area contributed by atoms with E-state index in [2.05, 4.69) is 59.1 Å². The third kappa shape index (κ3) is 5.51. The molecule has 0 atom stereocenters. The van der Waals surface area contributed by atoms with Crippen molar-refractivity contribution in [2.45, 2.75) is 52.4 Å². The van der Waals surface area contributed by atoms with Crippen molar-refractivity contribution in [2.75, 3.05) is 11.9 Å². The molecule has 5 nitrogen and oxygen atoms in total. The van der Waals surface area contributed by atoms with Gasteiger partial charge in [-0.25, -0.2) is 0 Å². The summed E-state index contributed by atoms with van der Waals surface area (Å²) >= 11 is 4.90. The number of aromatic nitrogens is 2. The molecule has 0 unspecified atom stereocenters. The summed E-state index contributed by atoms with van der Waals surface area (Å²) in [5.74, 6) is 1.20. The number of nitrogens with one attached hydrogen (secondary N) is 1. The maximum atomic E-state index is 12.1. The fraction of sp³-hybridized carbons (Fsp3) is 0.500. The number of nitrogens with zero attached hydrogens (tertiary/aromatic N) is 2. The van der Waals surface area contributed by atoms with E-state index in [4.69, 9.17) is 4.74 Å². The predicted molar refractivity (Wildman–Crippen MR) is 106 cm³/mol. The SMILES string of the molecule is CCC(CC)c1nnc(NC(=O)COc2ccc(Br)cc2C(C)C)s1. The standard InChI is InChI=1S/C18H24BrN3O2S/c1-5-12(6-2)17-21-22-18(25-17)20-16(23)10-24-15-8-7-13(19)9-14(15)11(3)4/h7-9,11-12H,5-6,10H2,1-4H3,(H,20,22,23). The van der Waals surface area contributed by atoms with Crippen LogP contribution in [0.3, 0.4) is 0 Å². The minimum Gasteiger partial charge on any atom is -0.483 e. The highest BCUT2D eigenvalue weighted by Crippen LogP contribution is 2.30. The van der Waals surface area contributed by atoms with Gasteiger partial charge >= 0.3 is 0 Å². The van der Waals surface area contributed by atoms with Crippen molar-refractivity contribution in [3.8, 4) is 5.75 Å². The number of carbonyl (C=O) groups is 1. The molecule has 136 valence electrons. The van der Waals surface area contributed by atoms with Crippen molar-refractivity contribution in [3.05, 3.63) is 33.2 Å². The second-order valence-electron chi connectivity index (χ2n) is 6.13. The van der Waals surface area contributed by atoms with Gasteiger partial charge in [-0.15, -0.1) is 10.2 Å². The van der Waals surface area contributed by atoms with E-state index >= 15 is 0 Å². The van der Waals surface area contributed by atoms with Crippen LogP contribution in [0.4, 0.5) is 5.13 Å². The maximum Gasteiger partial charge on any atom is 0.264 e. The van der Waals surface area contributed by atoms with Crippen molar-refractivity contribution < 1.29 is 9.53 Å². The lowest BCUT2D eigenvalue weighted by molar-refractivity contribution is -0.118. The smallest absolute Gasteiger partial charge is 0.264 e. The van der Waals surface area contributed by atoms with E-state index in [1.54, 1.807) is 0 Å². The van der Waals surface area contributed by atoms with Crippen LogP contribution >= 0.6 is 27.3 Å². The minimum absolute atomic E-state index is 0.0543. The average molecular weight is 426 g/mol. The summed E-state index contributed by atoms with van der Waals surface area (Å²) in [5.41, 5.74) is 1.06. The van der Waals surface area contributed by atoms with Crippen LogP contribution < -0.4 is 10.1 Å². The highest BCUT2D eigenvalue weighted by molar-refractivity contribution is 9.10. The van der Waals surface area contributed by atoms with Gasteiger partial charge in [-0.05, 0) is 42.5 Å². The Labute approximate surface area is 161 Å². The molecule has 1 amide bonds. The number of anilines is 1. The zero-order valence-corrected chi connectivity index (χ0v) is 17.4. The number of carbonyl (C=O) groups excluding carboxylic acids is 1. The molecule has 2 aromatic rings. The van der Waals surface area contributed by atoms with Gasteiger partial charge < -0.3 is 4.74 Å². The normalized spacial score (nSPS) is 11.2. The van der Waals surface area contributed by atoms with Crippen LogP contribution in [-0.2, 0) is 4.79 Å². The molecule has 0 radical (unpaired) electrons. The molecule has 25 heavy (non-hydrogen) atoms. The van der Waals surface area contributed by atoms with Gasteiger partial charge in [0, 0.05) is 10.4 Å². The summed E-state index contributed by atoms with van der Waals surface area (Å²) < 4.78 is 6.70. The molecule has 0 aliphatic heterocycles. The van der Waals surface area contributed by atoms with Gasteiger partial charge in [-0.1, -0.05) is 55.0 Å². The van der Waals surface area contributed by atoms with Gasteiger partial charge in [-0.3, -0.25) is 10.1 Å². The molecule has 0 saturated heterocycles. The van der Waals surface area contributed by atoms with E-state index in [9.17, 15) is 4.79 Å². The third-order valence-corrected chi connectivity index (χ3v) is 5.47. The number of rotatable bonds is 8. The predicted octanol–water partition coefficient (Wildman–Crippen LogP) is 5.35. The number of amides is 1. The molecular weight excluding hydrogens is 402 g/mol. The number of benzene rings is 1. The van der Waals surface area contributed by atoms with E-state index in [0.29, 0.717) is 17.0 Å². The Morgan fingerprint density at radius 3 is 2.64 bits per heavy atom. The molecule has 1 N–H and O–H groups in total. The summed E-state index contributed by atoms with van der Waals surface area (Å²) in [4.78, 5) is 12.1. The first-order valence-corrected chi connectivity index (χ1v) is 10.1. The van der Waals surface area contributed by atoms with E-state index in [1.807, 2.05) is 18.2 Å². The molecule has 0 saturated carbocycles. The van der Waals surface area contributed by atoms with Crippen LogP contribution in [0.25, 0.3) is 0 Å². The van der Waals surface area contributed by atoms with Crippen LogP contribution in [0, 0.1) is 0 Å². The van der Waals surface area contributed by atoms with Gasteiger partial charge in [0.2, 0.25) is 5.13 Å². The van der Waals surface area contributed by atoms with Gasteiger partial charge in [0.25, 0.3) is 5.91 Å². The average Bonchev–Trinajstić information content (AvgIpc) is 3.03. The first kappa shape index (κ1) is 19.8. The van der Waals surface area contributed by atoms with E-state index in [-0.39, 0.29) is 12.5 Å². The molecule has 0 aliphatic rings. The summed E-state index contributed by atoms with van der Waals surface area (Å²) in [6.45, 7) is 8.39. The quantitative estimate of drug-likeness (QED) is 0.619. The van der Waals surface area contributed by atoms with E-state index in [0.717, 1.165) is 33.6 Å². The highest BCUT2D eigenvalue weighted by atomic mass is 79.9. The van der Waals surface area contributed by atoms with Gasteiger partial charge in [0.1, 0.15) is 10.8 Å². The van der Waals surface area contributed by atoms with Crippen LogP contribution in [0.5, 0.6) is 5.75 Å². The fourth-order valence-electron chi connectivity index (χ4n) is 2.49. The fourth-order valence-corrected chi connectivity index (χ4v) is 3.89. The lowest BCUT2D eigenvalue weighted by Gasteiger charge is -2.14. The molecule has 2 rings (SSSR count). The van der Waals surface area contributed by atoms with Crippen molar-refractivity contribution in [1.82, 2.24) is 10.2 Å². The first-order chi connectivity index (χ1) is 11.9. The van der Waals surface area contributed by atoms with Crippen molar-refractivity contribution in [2.24, 2.45) is 0 Å². The van der Waals surface area contributed by atoms with Crippen LogP contribution in [-0.4, -0.2) is 22.7 Å². The second kappa shape index (κ2) is 9.29. The van der Waals surface area contributed by atoms with Gasteiger partial charge in [-0.2, -0.15) is 0 Å². The van der Waals surface area contributed by atoms with Crippen molar-refractivity contribution in [1.29, 1.82) is 0 Å². The topological polar surface area (TPSA) is 64.1 Å². The first-order valence-electron chi connectivity index (χ1n) is 8.50. The highest BCUT2D eigenvalue weighted by Gasteiger charge is 2.15. The molecule has 0 spiro atoms. The molecule has 0 aliphatic carbocycles. The minimum atomic E-state index is -0.232. The summed E-state index contributed by atoms with van der Waals surface area (Å²) in [7, 11) is 0. The molecule has 1 heterocycles. The van der Waals surface area contributed by atoms with Crippen LogP contribution in [0.1, 0.15) is 62.9 Å². The number of halogens is 1. The number of hydrogen-bond donors (Lipinski definition) is 1. The van der Waals surface area contributed by atoms with Crippen LogP contribution in [0.2, 0.25) is 0 Å². The lowest BCUT2D eigenvalue weighted by atomic mass is 10.0. The summed E-state index contributed by atoms with van der Waals surface area (Å²) in [6, 6.07) is 5.80. The Bertz CT molecular complexity index is 714. The molecule has 0 bridgehead atoms. The summed E-state index contributed by atoms with van der Waals surface area (Å²) in [6.07, 6.45) is 2.04. The lowest BCUT2D eigenvalue weighted by Crippen LogP contribution is -2.20. The number of ether oxygens (including phenoxy) is 1. The maximum absolute atomic E-state index is 12.1. The zero-order valence-electron chi connectivity index (χ0n) is 15.0. The third-order valence-electron chi connectivity index (χ3n) is 3.97. The monoisotopic (exact) mass is 425 g/mol. The van der Waals surface area contributed by atoms with Gasteiger partial charge in [0.15, 0.2) is 6.61 Å². The van der Waals surface area contributed by atoms with E-state index in [1.165, 1.54) is 11.3 Å². The van der Waals surface area contributed by atoms with Crippen LogP contribution in [0.15, 0.2) is 22.7 Å². The summed E-state index contributed by atoms with van der Waals surface area (Å²) in [5, 5.41) is 12.5. The molecule has 0 fully saturated rings. The molecule has 1 aromatic carbocycles. The van der Waals surface area contributed by atoms with E-state index < -0.39 is 0 Å². The Morgan fingerprint density at radius 2 is 2.00 bits per heavy atom. The second-order valence-corrected chi connectivity index (χ2v) is 8.06. The van der Waals surface area contributed by atoms with Gasteiger partial charge in [0.05, 0.1) is 0 Å². The molecule has 1 aromatic heterocycles. The molecular formula is C18H24BrN3O2S. The molecule has 7 heteroatoms. The Morgan fingerprint density at radius 1 is 1.28 bits per heavy atom. The zero-order chi connectivity index (χ0) is 18.4. The Balaban J connectivity index is 1.95. The number of hydrogen-bond acceptors (Lipinski definition) is 5. The van der Waals surface area contributed by atoms with Crippen molar-refractivity contribution in [3.63, 3.8) is 0 Å². The Kier molecular flexibility index (Phi) is 7.38.